The molecule has 2 atom stereocenters. The fraction of sp³-hybridized carbons (Fsp3) is 0.278. The average Bonchev–Trinajstić information content (AvgIpc) is 3.57. The molecular weight excluding hydrogens is 571 g/mol. The number of nitrogens with one attached hydrogen (secondary N) is 3. The Hall–Kier alpha value is -5.18. The first kappa shape index (κ1) is 31.3. The summed E-state index contributed by atoms with van der Waals surface area (Å²) in [5.74, 6) is 0.317. The summed E-state index contributed by atoms with van der Waals surface area (Å²) in [4.78, 5) is 54.5. The quantitative estimate of drug-likeness (QED) is 0.224. The molecule has 9 nitrogen and oxygen atoms in total. The zero-order chi connectivity index (χ0) is 31.4. The normalized spacial score (nSPS) is 16.8. The molecule has 8 rings (SSSR count). The Morgan fingerprint density at radius 3 is 2.07 bits per heavy atom. The number of H-pyrrole nitrogens is 1. The van der Waals surface area contributed by atoms with E-state index in [1.807, 2.05) is 78.9 Å². The molecule has 1 aromatic heterocycles. The third kappa shape index (κ3) is 9.15. The van der Waals surface area contributed by atoms with Crippen LogP contribution in [0.15, 0.2) is 91.0 Å². The highest BCUT2D eigenvalue weighted by molar-refractivity contribution is 6.00. The number of aryl methyl sites for hydroxylation is 1. The highest BCUT2D eigenvalue weighted by Gasteiger charge is 2.25. The SMILES string of the molecule is O=[13CH][C@H](Cc1ccccc1)NC(=O)[C@@H]1Cc2ccc(cc2)OCCCCOc2ccc(cc2)CCC(=O)c2ccc([nH]2)C(=O)N1. The topological polar surface area (TPSA) is 127 Å². The number of aromatic amines is 1. The zero-order valence-electron chi connectivity index (χ0n) is 25.0. The third-order valence-electron chi connectivity index (χ3n) is 7.65. The first-order chi connectivity index (χ1) is 22.0. The minimum Gasteiger partial charge on any atom is -0.494 e. The molecule has 9 heteroatoms. The molecule has 2 amide bonds. The van der Waals surface area contributed by atoms with Crippen molar-refractivity contribution in [2.24, 2.45) is 0 Å². The average molecular weight is 609 g/mol. The van der Waals surface area contributed by atoms with Gasteiger partial charge in [0.1, 0.15) is 29.5 Å². The fourth-order valence-corrected chi connectivity index (χ4v) is 5.11. The van der Waals surface area contributed by atoms with Crippen LogP contribution >= 0.6 is 0 Å². The summed E-state index contributed by atoms with van der Waals surface area (Å²) in [5, 5.41) is 5.58. The van der Waals surface area contributed by atoms with Crippen LogP contribution in [0.2, 0.25) is 0 Å². The number of benzene rings is 3. The summed E-state index contributed by atoms with van der Waals surface area (Å²) in [6, 6.07) is 25.8. The van der Waals surface area contributed by atoms with Crippen LogP contribution in [-0.2, 0) is 28.9 Å². The van der Waals surface area contributed by atoms with Gasteiger partial charge in [0, 0.05) is 12.8 Å². The standard InChI is InChI=1S/C36H37N3O6/c40-24-28(22-26-6-2-1-3-7-26)37-36(43)33-23-27-10-15-30(16-11-27)45-21-5-4-20-44-29-13-8-25(9-14-29)12-19-34(41)31-17-18-32(38-31)35(42)39-33/h1-3,6-11,13-18,24,28,33,38H,4-5,12,19-23H2,(H,37,43)(H,39,42)/t28-,33-/m0/s1/i24+1. The molecule has 0 aliphatic carbocycles. The van der Waals surface area contributed by atoms with E-state index in [-0.39, 0.29) is 24.3 Å². The Morgan fingerprint density at radius 2 is 1.42 bits per heavy atom. The Kier molecular flexibility index (Phi) is 10.8. The summed E-state index contributed by atoms with van der Waals surface area (Å²) in [5.41, 5.74) is 3.17. The van der Waals surface area contributed by atoms with Crippen molar-refractivity contribution < 1.29 is 28.7 Å². The molecule has 45 heavy (non-hydrogen) atoms. The van der Waals surface area contributed by atoms with Gasteiger partial charge in [-0.15, -0.1) is 0 Å². The number of ketones is 1. The number of carbonyl (C=O) groups is 4. The number of hydrogen-bond donors (Lipinski definition) is 3. The molecule has 0 saturated heterocycles. The second-order valence-corrected chi connectivity index (χ2v) is 11.1. The van der Waals surface area contributed by atoms with E-state index in [2.05, 4.69) is 15.6 Å². The Morgan fingerprint density at radius 1 is 0.800 bits per heavy atom. The van der Waals surface area contributed by atoms with E-state index in [9.17, 15) is 19.2 Å². The third-order valence-corrected chi connectivity index (χ3v) is 7.65. The van der Waals surface area contributed by atoms with E-state index >= 15 is 0 Å². The molecule has 6 bridgehead atoms. The van der Waals surface area contributed by atoms with Crippen LogP contribution in [0, 0.1) is 0 Å². The minimum absolute atomic E-state index is 0.129. The van der Waals surface area contributed by atoms with Gasteiger partial charge < -0.3 is 29.9 Å². The van der Waals surface area contributed by atoms with Crippen molar-refractivity contribution in [2.45, 2.75) is 50.6 Å². The van der Waals surface area contributed by atoms with Gasteiger partial charge in [0.2, 0.25) is 5.91 Å². The van der Waals surface area contributed by atoms with Crippen LogP contribution in [0.5, 0.6) is 11.5 Å². The van der Waals surface area contributed by atoms with Crippen molar-refractivity contribution in [3.05, 3.63) is 119 Å². The van der Waals surface area contributed by atoms with Crippen molar-refractivity contribution in [2.75, 3.05) is 13.2 Å². The van der Waals surface area contributed by atoms with Crippen molar-refractivity contribution >= 4 is 23.9 Å². The number of Topliss-reactive ketones (excluding diaryl/α,β-unsaturated/α-hetero) is 1. The summed E-state index contributed by atoms with van der Waals surface area (Å²) in [6.07, 6.45) is 3.64. The Bertz CT molecular complexity index is 1580. The number of aldehydes is 1. The van der Waals surface area contributed by atoms with Gasteiger partial charge in [-0.2, -0.15) is 0 Å². The lowest BCUT2D eigenvalue weighted by Crippen LogP contribution is -2.51. The maximum atomic E-state index is 13.5. The number of hydrogen-bond acceptors (Lipinski definition) is 6. The van der Waals surface area contributed by atoms with Gasteiger partial charge in [-0.3, -0.25) is 14.4 Å². The van der Waals surface area contributed by atoms with Crippen LogP contribution in [0.1, 0.15) is 56.9 Å². The van der Waals surface area contributed by atoms with E-state index in [1.54, 1.807) is 6.07 Å². The summed E-state index contributed by atoms with van der Waals surface area (Å²) >= 11 is 0. The summed E-state index contributed by atoms with van der Waals surface area (Å²) < 4.78 is 11.7. The van der Waals surface area contributed by atoms with Gasteiger partial charge in [-0.25, -0.2) is 0 Å². The predicted molar refractivity (Wildman–Crippen MR) is 170 cm³/mol. The molecule has 0 spiro atoms. The molecule has 3 aromatic carbocycles. The maximum Gasteiger partial charge on any atom is 0.268 e. The molecule has 4 aliphatic rings. The van der Waals surface area contributed by atoms with Crippen LogP contribution < -0.4 is 20.1 Å². The van der Waals surface area contributed by atoms with Crippen molar-refractivity contribution in [1.29, 1.82) is 0 Å². The fourth-order valence-electron chi connectivity index (χ4n) is 5.11. The van der Waals surface area contributed by atoms with Crippen LogP contribution in [0.25, 0.3) is 0 Å². The van der Waals surface area contributed by atoms with Gasteiger partial charge in [-0.1, -0.05) is 54.6 Å². The second kappa shape index (κ2) is 15.5. The molecule has 4 aliphatic heterocycles. The van der Waals surface area contributed by atoms with Gasteiger partial charge >= 0.3 is 0 Å². The smallest absolute Gasteiger partial charge is 0.268 e. The molecule has 232 valence electrons. The van der Waals surface area contributed by atoms with E-state index in [0.29, 0.717) is 43.8 Å². The molecule has 0 fully saturated rings. The van der Waals surface area contributed by atoms with Gasteiger partial charge in [0.25, 0.3) is 5.91 Å². The second-order valence-electron chi connectivity index (χ2n) is 11.1. The molecule has 0 unspecified atom stereocenters. The first-order valence-corrected chi connectivity index (χ1v) is 15.2. The van der Waals surface area contributed by atoms with Crippen molar-refractivity contribution in [3.8, 4) is 11.5 Å². The molecule has 4 aromatic rings. The van der Waals surface area contributed by atoms with Gasteiger partial charge in [0.05, 0.1) is 24.9 Å². The summed E-state index contributed by atoms with van der Waals surface area (Å²) in [7, 11) is 0. The number of amides is 2. The lowest BCUT2D eigenvalue weighted by Gasteiger charge is -2.21. The molecular formula is C36H37N3O6. The number of aromatic nitrogens is 1. The van der Waals surface area contributed by atoms with Gasteiger partial charge in [0.15, 0.2) is 5.78 Å². The Balaban J connectivity index is 1.34. The number of rotatable bonds is 5. The first-order valence-electron chi connectivity index (χ1n) is 15.2. The van der Waals surface area contributed by atoms with Crippen molar-refractivity contribution in [3.63, 3.8) is 0 Å². The predicted octanol–water partition coefficient (Wildman–Crippen LogP) is 4.65. The van der Waals surface area contributed by atoms with Crippen molar-refractivity contribution in [1.82, 2.24) is 15.6 Å². The van der Waals surface area contributed by atoms with E-state index in [0.717, 1.165) is 35.3 Å². The van der Waals surface area contributed by atoms with E-state index < -0.39 is 23.9 Å². The highest BCUT2D eigenvalue weighted by Crippen LogP contribution is 2.17. The lowest BCUT2D eigenvalue weighted by molar-refractivity contribution is -0.125. The number of ether oxygens (including phenoxy) is 2. The van der Waals surface area contributed by atoms with E-state index in [1.165, 1.54) is 6.07 Å². The van der Waals surface area contributed by atoms with Gasteiger partial charge in [-0.05, 0) is 78.8 Å². The zero-order valence-corrected chi connectivity index (χ0v) is 25.0. The lowest BCUT2D eigenvalue weighted by atomic mass is 10.0. The Labute approximate surface area is 262 Å². The minimum atomic E-state index is -0.988. The van der Waals surface area contributed by atoms with E-state index in [4.69, 9.17) is 9.47 Å². The molecule has 3 N–H and O–H groups in total. The molecule has 5 heterocycles. The van der Waals surface area contributed by atoms with Crippen LogP contribution in [0.3, 0.4) is 0 Å². The summed E-state index contributed by atoms with van der Waals surface area (Å²) in [6.45, 7) is 1.10. The van der Waals surface area contributed by atoms with Crippen LogP contribution in [0.4, 0.5) is 0 Å². The molecule has 0 saturated carbocycles. The number of carbonyl (C=O) groups excluding carboxylic acids is 4. The highest BCUT2D eigenvalue weighted by atomic mass is 16.5. The maximum absolute atomic E-state index is 13.5. The van der Waals surface area contributed by atoms with Crippen LogP contribution in [-0.4, -0.2) is 54.2 Å². The molecule has 0 radical (unpaired) electrons. The largest absolute Gasteiger partial charge is 0.494 e. The monoisotopic (exact) mass is 608 g/mol.